The molecule has 0 spiro atoms. The van der Waals surface area contributed by atoms with Gasteiger partial charge in [0, 0.05) is 24.5 Å². The van der Waals surface area contributed by atoms with E-state index in [0.29, 0.717) is 5.69 Å². The minimum atomic E-state index is -0.168. The second-order valence-corrected chi connectivity index (χ2v) is 6.54. The molecule has 0 unspecified atom stereocenters. The molecule has 1 amide bonds. The minimum absolute atomic E-state index is 0.168. The molecular formula is C22H26N4O. The summed E-state index contributed by atoms with van der Waals surface area (Å²) in [5, 5.41) is 7.51. The van der Waals surface area contributed by atoms with Gasteiger partial charge in [0.25, 0.3) is 5.91 Å². The molecule has 2 aromatic carbocycles. The van der Waals surface area contributed by atoms with Crippen molar-refractivity contribution in [2.75, 3.05) is 23.3 Å². The average molecular weight is 362 g/mol. The maximum Gasteiger partial charge on any atom is 0.274 e. The maximum atomic E-state index is 12.9. The number of para-hydroxylation sites is 1. The highest BCUT2D eigenvalue weighted by molar-refractivity contribution is 6.04. The first kappa shape index (κ1) is 18.7. The van der Waals surface area contributed by atoms with Gasteiger partial charge in [0.05, 0.1) is 11.4 Å². The van der Waals surface area contributed by atoms with Crippen molar-refractivity contribution in [1.29, 1.82) is 0 Å². The lowest BCUT2D eigenvalue weighted by atomic mass is 10.1. The van der Waals surface area contributed by atoms with Crippen molar-refractivity contribution in [3.8, 4) is 5.69 Å². The number of nitrogens with zero attached hydrogens (tertiary/aromatic N) is 3. The summed E-state index contributed by atoms with van der Waals surface area (Å²) in [6.07, 6.45) is 0. The quantitative estimate of drug-likeness (QED) is 0.698. The van der Waals surface area contributed by atoms with Gasteiger partial charge >= 0.3 is 0 Å². The number of carbonyl (C=O) groups is 1. The van der Waals surface area contributed by atoms with E-state index in [0.717, 1.165) is 35.7 Å². The molecule has 0 aliphatic heterocycles. The Labute approximate surface area is 160 Å². The Hall–Kier alpha value is -3.08. The minimum Gasteiger partial charge on any atom is -0.372 e. The molecule has 0 radical (unpaired) electrons. The van der Waals surface area contributed by atoms with E-state index >= 15 is 0 Å². The molecule has 5 nitrogen and oxygen atoms in total. The van der Waals surface area contributed by atoms with Gasteiger partial charge < -0.3 is 10.2 Å². The number of hydrogen-bond donors (Lipinski definition) is 1. The fraction of sp³-hybridized carbons (Fsp3) is 0.273. The molecule has 140 valence electrons. The molecule has 1 heterocycles. The van der Waals surface area contributed by atoms with Crippen LogP contribution in [-0.4, -0.2) is 28.8 Å². The van der Waals surface area contributed by atoms with Gasteiger partial charge in [-0.25, -0.2) is 4.68 Å². The van der Waals surface area contributed by atoms with Crippen molar-refractivity contribution in [3.63, 3.8) is 0 Å². The highest BCUT2D eigenvalue weighted by Crippen LogP contribution is 2.23. The first-order valence-corrected chi connectivity index (χ1v) is 9.32. The van der Waals surface area contributed by atoms with E-state index in [1.165, 1.54) is 5.69 Å². The first-order valence-electron chi connectivity index (χ1n) is 9.32. The van der Waals surface area contributed by atoms with Gasteiger partial charge in [0.2, 0.25) is 0 Å². The van der Waals surface area contributed by atoms with Crippen molar-refractivity contribution < 1.29 is 4.79 Å². The van der Waals surface area contributed by atoms with Crippen molar-refractivity contribution in [2.24, 2.45) is 0 Å². The number of rotatable bonds is 6. The number of aryl methyl sites for hydroxylation is 2. The molecule has 1 aromatic heterocycles. The maximum absolute atomic E-state index is 12.9. The fourth-order valence-electron chi connectivity index (χ4n) is 3.19. The Morgan fingerprint density at radius 2 is 1.74 bits per heavy atom. The summed E-state index contributed by atoms with van der Waals surface area (Å²) in [7, 11) is 0. The predicted molar refractivity (Wildman–Crippen MR) is 111 cm³/mol. The van der Waals surface area contributed by atoms with Crippen LogP contribution in [0.5, 0.6) is 0 Å². The zero-order chi connectivity index (χ0) is 19.4. The van der Waals surface area contributed by atoms with E-state index in [9.17, 15) is 4.79 Å². The number of aromatic nitrogens is 2. The Morgan fingerprint density at radius 1 is 1.04 bits per heavy atom. The van der Waals surface area contributed by atoms with Crippen molar-refractivity contribution >= 4 is 17.3 Å². The molecule has 3 aromatic rings. The topological polar surface area (TPSA) is 50.2 Å². The standard InChI is InChI=1S/C22H26N4O/c1-5-25(6-2)19-12-13-20(16(3)14-19)23-22(27)21-15-17(4)24-26(21)18-10-8-7-9-11-18/h7-15H,5-6H2,1-4H3,(H,23,27). The van der Waals surface area contributed by atoms with E-state index in [2.05, 4.69) is 41.3 Å². The monoisotopic (exact) mass is 362 g/mol. The lowest BCUT2D eigenvalue weighted by Crippen LogP contribution is -2.22. The van der Waals surface area contributed by atoms with Crippen LogP contribution in [-0.2, 0) is 0 Å². The van der Waals surface area contributed by atoms with Crippen LogP contribution in [0.3, 0.4) is 0 Å². The predicted octanol–water partition coefficient (Wildman–Crippen LogP) is 4.59. The zero-order valence-corrected chi connectivity index (χ0v) is 16.4. The van der Waals surface area contributed by atoms with Gasteiger partial charge in [-0.3, -0.25) is 4.79 Å². The summed E-state index contributed by atoms with van der Waals surface area (Å²) in [4.78, 5) is 15.2. The third-order valence-electron chi connectivity index (χ3n) is 4.65. The molecule has 27 heavy (non-hydrogen) atoms. The second kappa shape index (κ2) is 8.08. The molecular weight excluding hydrogens is 336 g/mol. The van der Waals surface area contributed by atoms with E-state index < -0.39 is 0 Å². The van der Waals surface area contributed by atoms with Crippen molar-refractivity contribution in [1.82, 2.24) is 9.78 Å². The summed E-state index contributed by atoms with van der Waals surface area (Å²) >= 11 is 0. The van der Waals surface area contributed by atoms with Gasteiger partial charge in [0.1, 0.15) is 5.69 Å². The molecule has 3 rings (SSSR count). The van der Waals surface area contributed by atoms with Gasteiger partial charge in [-0.05, 0) is 69.7 Å². The van der Waals surface area contributed by atoms with Gasteiger partial charge in [0.15, 0.2) is 0 Å². The highest BCUT2D eigenvalue weighted by atomic mass is 16.2. The van der Waals surface area contributed by atoms with E-state index in [4.69, 9.17) is 0 Å². The van der Waals surface area contributed by atoms with E-state index in [1.807, 2.05) is 56.3 Å². The first-order chi connectivity index (χ1) is 13.0. The molecule has 0 aliphatic carbocycles. The summed E-state index contributed by atoms with van der Waals surface area (Å²) in [6, 6.07) is 17.6. The number of nitrogens with one attached hydrogen (secondary N) is 1. The lowest BCUT2D eigenvalue weighted by molar-refractivity contribution is 0.101. The molecule has 0 aliphatic rings. The Bertz CT molecular complexity index is 927. The Kier molecular flexibility index (Phi) is 5.60. The molecule has 0 atom stereocenters. The second-order valence-electron chi connectivity index (χ2n) is 6.54. The smallest absolute Gasteiger partial charge is 0.274 e. The number of carbonyl (C=O) groups excluding carboxylic acids is 1. The van der Waals surface area contributed by atoms with Gasteiger partial charge in [-0.15, -0.1) is 0 Å². The highest BCUT2D eigenvalue weighted by Gasteiger charge is 2.16. The van der Waals surface area contributed by atoms with Crippen LogP contribution in [0, 0.1) is 13.8 Å². The number of hydrogen-bond acceptors (Lipinski definition) is 3. The third kappa shape index (κ3) is 4.03. The molecule has 0 fully saturated rings. The molecule has 0 saturated carbocycles. The zero-order valence-electron chi connectivity index (χ0n) is 16.4. The third-order valence-corrected chi connectivity index (χ3v) is 4.65. The van der Waals surface area contributed by atoms with Crippen LogP contribution in [0.4, 0.5) is 11.4 Å². The van der Waals surface area contributed by atoms with Crippen LogP contribution >= 0.6 is 0 Å². The number of amides is 1. The van der Waals surface area contributed by atoms with Crippen LogP contribution in [0.1, 0.15) is 35.6 Å². The molecule has 0 bridgehead atoms. The molecule has 1 N–H and O–H groups in total. The van der Waals surface area contributed by atoms with Crippen LogP contribution in [0.25, 0.3) is 5.69 Å². The molecule has 0 saturated heterocycles. The Morgan fingerprint density at radius 3 is 2.37 bits per heavy atom. The summed E-state index contributed by atoms with van der Waals surface area (Å²) in [6.45, 7) is 10.1. The van der Waals surface area contributed by atoms with Gasteiger partial charge in [-0.2, -0.15) is 5.10 Å². The number of anilines is 2. The number of benzene rings is 2. The Balaban J connectivity index is 1.87. The van der Waals surface area contributed by atoms with E-state index in [1.54, 1.807) is 4.68 Å². The largest absolute Gasteiger partial charge is 0.372 e. The SMILES string of the molecule is CCN(CC)c1ccc(NC(=O)c2cc(C)nn2-c2ccccc2)c(C)c1. The van der Waals surface area contributed by atoms with Crippen molar-refractivity contribution in [3.05, 3.63) is 71.5 Å². The van der Waals surface area contributed by atoms with Crippen LogP contribution in [0.2, 0.25) is 0 Å². The average Bonchev–Trinajstić information content (AvgIpc) is 3.07. The normalized spacial score (nSPS) is 10.7. The van der Waals surface area contributed by atoms with Crippen molar-refractivity contribution in [2.45, 2.75) is 27.7 Å². The summed E-state index contributed by atoms with van der Waals surface area (Å²) in [5.74, 6) is -0.168. The summed E-state index contributed by atoms with van der Waals surface area (Å²) < 4.78 is 1.68. The summed E-state index contributed by atoms with van der Waals surface area (Å²) in [5.41, 5.74) is 5.21. The lowest BCUT2D eigenvalue weighted by Gasteiger charge is -2.22. The van der Waals surface area contributed by atoms with E-state index in [-0.39, 0.29) is 5.91 Å². The fourth-order valence-corrected chi connectivity index (χ4v) is 3.19. The van der Waals surface area contributed by atoms with Gasteiger partial charge in [-0.1, -0.05) is 18.2 Å². The van der Waals surface area contributed by atoms with Crippen LogP contribution in [0.15, 0.2) is 54.6 Å². The van der Waals surface area contributed by atoms with Crippen LogP contribution < -0.4 is 10.2 Å². The molecule has 5 heteroatoms.